The Morgan fingerprint density at radius 3 is 2.44 bits per heavy atom. The first-order valence-electron chi connectivity index (χ1n) is 2.18. The molecule has 0 spiro atoms. The average Bonchev–Trinajstić information content (AvgIpc) is 1.65. The molecule has 0 heterocycles. The fraction of sp³-hybridized carbons (Fsp3) is 0.400. The van der Waals surface area contributed by atoms with E-state index in [2.05, 4.69) is 11.3 Å². The van der Waals surface area contributed by atoms with Crippen LogP contribution in [0.15, 0.2) is 12.7 Å². The lowest BCUT2D eigenvalue weighted by Gasteiger charge is -2.01. The Balaban J connectivity index is 0. The first kappa shape index (κ1) is 11.4. The van der Waals surface area contributed by atoms with Gasteiger partial charge in [0.05, 0.1) is 0 Å². The van der Waals surface area contributed by atoms with E-state index in [-0.39, 0.29) is 9.90 Å². The summed E-state index contributed by atoms with van der Waals surface area (Å²) in [7, 11) is 0. The highest BCUT2D eigenvalue weighted by Crippen LogP contribution is 1.84. The van der Waals surface area contributed by atoms with Gasteiger partial charge in [-0.25, -0.2) is 4.79 Å². The van der Waals surface area contributed by atoms with Crippen molar-refractivity contribution in [1.82, 2.24) is 0 Å². The second-order valence-corrected chi connectivity index (χ2v) is 1.24. The van der Waals surface area contributed by atoms with Gasteiger partial charge in [0, 0.05) is 6.08 Å². The maximum absolute atomic E-state index is 10.1. The largest absolute Gasteiger partial charge is 0.433 e. The third-order valence-electron chi connectivity index (χ3n) is 0.453. The molecule has 0 aromatic rings. The number of carbonyl (C=O) groups excluding carboxylic acids is 1. The fourth-order valence-electron chi connectivity index (χ4n) is 0.216. The molecule has 0 aliphatic heterocycles. The van der Waals surface area contributed by atoms with Crippen LogP contribution in [-0.4, -0.2) is 17.4 Å². The number of hydrogen-bond donors (Lipinski definition) is 1. The summed E-state index contributed by atoms with van der Waals surface area (Å²) in [5, 5.41) is 8.36. The lowest BCUT2D eigenvalue weighted by Crippen LogP contribution is -2.10. The van der Waals surface area contributed by atoms with Crippen LogP contribution in [-0.2, 0) is 9.53 Å². The molecule has 0 bridgehead atoms. The normalized spacial score (nSPS) is 10.9. The maximum Gasteiger partial charge on any atom is 0.332 e. The molecule has 9 heavy (non-hydrogen) atoms. The minimum atomic E-state index is -1.04. The lowest BCUT2D eigenvalue weighted by molar-refractivity contribution is -0.158. The van der Waals surface area contributed by atoms with E-state index < -0.39 is 12.3 Å². The molecule has 0 saturated carbocycles. The molecular formula is C5H11O3P. The Labute approximate surface area is 57.3 Å². The zero-order valence-electron chi connectivity index (χ0n) is 5.33. The number of hydrogen-bond acceptors (Lipinski definition) is 3. The number of carbonyl (C=O) groups is 1. The van der Waals surface area contributed by atoms with Gasteiger partial charge in [-0.1, -0.05) is 6.58 Å². The van der Waals surface area contributed by atoms with Crippen LogP contribution in [0.5, 0.6) is 0 Å². The zero-order chi connectivity index (χ0) is 6.57. The Morgan fingerprint density at radius 2 is 2.33 bits per heavy atom. The van der Waals surface area contributed by atoms with Crippen molar-refractivity contribution >= 4 is 15.9 Å². The molecule has 54 valence electrons. The minimum Gasteiger partial charge on any atom is -0.433 e. The highest BCUT2D eigenvalue weighted by atomic mass is 31.0. The maximum atomic E-state index is 10.1. The molecule has 2 unspecified atom stereocenters. The van der Waals surface area contributed by atoms with Crippen LogP contribution in [0.25, 0.3) is 0 Å². The van der Waals surface area contributed by atoms with Crippen molar-refractivity contribution in [3.05, 3.63) is 12.7 Å². The van der Waals surface area contributed by atoms with Crippen LogP contribution in [0.2, 0.25) is 0 Å². The second-order valence-electron chi connectivity index (χ2n) is 1.24. The van der Waals surface area contributed by atoms with Crippen LogP contribution in [0.3, 0.4) is 0 Å². The minimum absolute atomic E-state index is 0. The van der Waals surface area contributed by atoms with Gasteiger partial charge in [0.15, 0.2) is 6.29 Å². The van der Waals surface area contributed by atoms with Gasteiger partial charge in [-0.05, 0) is 6.92 Å². The SMILES string of the molecule is C=CC(=O)OC(C)O.P. The molecule has 0 radical (unpaired) electrons. The van der Waals surface area contributed by atoms with Gasteiger partial charge >= 0.3 is 5.97 Å². The van der Waals surface area contributed by atoms with E-state index in [1.807, 2.05) is 0 Å². The number of esters is 1. The molecule has 0 amide bonds. The van der Waals surface area contributed by atoms with Gasteiger partial charge in [-0.3, -0.25) is 0 Å². The van der Waals surface area contributed by atoms with Crippen molar-refractivity contribution in [3.63, 3.8) is 0 Å². The van der Waals surface area contributed by atoms with Gasteiger partial charge in [0.1, 0.15) is 0 Å². The van der Waals surface area contributed by atoms with Crippen molar-refractivity contribution in [1.29, 1.82) is 0 Å². The highest BCUT2D eigenvalue weighted by molar-refractivity contribution is 6.92. The van der Waals surface area contributed by atoms with Gasteiger partial charge < -0.3 is 9.84 Å². The molecule has 0 fully saturated rings. The predicted molar refractivity (Wildman–Crippen MR) is 39.1 cm³/mol. The summed E-state index contributed by atoms with van der Waals surface area (Å²) in [5.74, 6) is -0.611. The Hall–Kier alpha value is -0.400. The third-order valence-corrected chi connectivity index (χ3v) is 0.453. The smallest absolute Gasteiger partial charge is 0.332 e. The summed E-state index contributed by atoms with van der Waals surface area (Å²) in [4.78, 5) is 10.1. The highest BCUT2D eigenvalue weighted by Gasteiger charge is 1.97. The molecule has 0 saturated heterocycles. The molecule has 0 rings (SSSR count). The molecule has 2 atom stereocenters. The van der Waals surface area contributed by atoms with Gasteiger partial charge in [-0.15, -0.1) is 0 Å². The molecule has 4 heteroatoms. The van der Waals surface area contributed by atoms with Crippen molar-refractivity contribution in [3.8, 4) is 0 Å². The average molecular weight is 150 g/mol. The van der Waals surface area contributed by atoms with Crippen LogP contribution in [0, 0.1) is 0 Å². The summed E-state index contributed by atoms with van der Waals surface area (Å²) in [6.07, 6.45) is -0.0484. The summed E-state index contributed by atoms with van der Waals surface area (Å²) in [6, 6.07) is 0. The van der Waals surface area contributed by atoms with Gasteiger partial charge in [-0.2, -0.15) is 9.90 Å². The molecule has 1 N–H and O–H groups in total. The zero-order valence-corrected chi connectivity index (χ0v) is 6.75. The first-order chi connectivity index (χ1) is 3.66. The van der Waals surface area contributed by atoms with E-state index >= 15 is 0 Å². The predicted octanol–water partition coefficient (Wildman–Crippen LogP) is 0.112. The molecule has 0 aliphatic carbocycles. The molecule has 0 aromatic heterocycles. The molecule has 3 nitrogen and oxygen atoms in total. The van der Waals surface area contributed by atoms with Crippen molar-refractivity contribution in [2.45, 2.75) is 13.2 Å². The number of ether oxygens (including phenoxy) is 1. The van der Waals surface area contributed by atoms with E-state index in [4.69, 9.17) is 5.11 Å². The van der Waals surface area contributed by atoms with Crippen molar-refractivity contribution in [2.75, 3.05) is 0 Å². The Kier molecular flexibility index (Phi) is 7.26. The van der Waals surface area contributed by atoms with Crippen molar-refractivity contribution in [2.24, 2.45) is 0 Å². The van der Waals surface area contributed by atoms with E-state index in [0.29, 0.717) is 0 Å². The van der Waals surface area contributed by atoms with E-state index in [1.165, 1.54) is 6.92 Å². The van der Waals surface area contributed by atoms with E-state index in [1.54, 1.807) is 0 Å². The monoisotopic (exact) mass is 150 g/mol. The lowest BCUT2D eigenvalue weighted by atomic mass is 10.6. The standard InChI is InChI=1S/C5H8O3.H3P/c1-3-5(7)8-4(2)6;/h3-4,6H,1H2,2H3;1H3. The second kappa shape index (κ2) is 5.73. The molecular weight excluding hydrogens is 139 g/mol. The summed E-state index contributed by atoms with van der Waals surface area (Å²) >= 11 is 0. The van der Waals surface area contributed by atoms with Crippen LogP contribution >= 0.6 is 9.90 Å². The summed E-state index contributed by atoms with van der Waals surface area (Å²) < 4.78 is 4.20. The quantitative estimate of drug-likeness (QED) is 0.263. The van der Waals surface area contributed by atoms with Gasteiger partial charge in [0.25, 0.3) is 0 Å². The third kappa shape index (κ3) is 7.60. The summed E-state index contributed by atoms with van der Waals surface area (Å²) in [6.45, 7) is 4.48. The van der Waals surface area contributed by atoms with E-state index in [0.717, 1.165) is 6.08 Å². The number of rotatable bonds is 2. The van der Waals surface area contributed by atoms with Crippen LogP contribution in [0.1, 0.15) is 6.92 Å². The topological polar surface area (TPSA) is 46.5 Å². The number of aliphatic hydroxyl groups excluding tert-OH is 1. The van der Waals surface area contributed by atoms with Crippen molar-refractivity contribution < 1.29 is 14.6 Å². The molecule has 0 aromatic carbocycles. The summed E-state index contributed by atoms with van der Waals surface area (Å²) in [5.41, 5.74) is 0. The Morgan fingerprint density at radius 1 is 1.89 bits per heavy atom. The van der Waals surface area contributed by atoms with Gasteiger partial charge in [0.2, 0.25) is 0 Å². The number of aliphatic hydroxyl groups is 1. The van der Waals surface area contributed by atoms with E-state index in [9.17, 15) is 4.79 Å². The first-order valence-corrected chi connectivity index (χ1v) is 2.18. The fourth-order valence-corrected chi connectivity index (χ4v) is 0.216. The van der Waals surface area contributed by atoms with Crippen LogP contribution < -0.4 is 0 Å². The molecule has 0 aliphatic rings. The Bertz CT molecular complexity index is 100. The van der Waals surface area contributed by atoms with Crippen LogP contribution in [0.4, 0.5) is 0 Å².